The Labute approximate surface area is 182 Å². The van der Waals surface area contributed by atoms with E-state index in [0.29, 0.717) is 22.5 Å². The number of carbonyl (C=O) groups is 2. The molecule has 3 aromatic carbocycles. The van der Waals surface area contributed by atoms with Gasteiger partial charge in [0.25, 0.3) is 0 Å². The molecular formula is C24H24N2O4S. The summed E-state index contributed by atoms with van der Waals surface area (Å²) in [5, 5.41) is 2.73. The fourth-order valence-electron chi connectivity index (χ4n) is 3.35. The summed E-state index contributed by atoms with van der Waals surface area (Å²) in [4.78, 5) is 26.0. The van der Waals surface area contributed by atoms with E-state index in [2.05, 4.69) is 5.32 Å². The molecule has 3 rings (SSSR count). The van der Waals surface area contributed by atoms with E-state index in [-0.39, 0.29) is 5.78 Å². The normalized spacial score (nSPS) is 12.1. The first-order valence-electron chi connectivity index (χ1n) is 9.74. The molecule has 31 heavy (non-hydrogen) atoms. The Morgan fingerprint density at radius 3 is 2.19 bits per heavy atom. The quantitative estimate of drug-likeness (QED) is 0.567. The molecule has 6 nitrogen and oxygen atoms in total. The predicted octanol–water partition coefficient (Wildman–Crippen LogP) is 4.02. The van der Waals surface area contributed by atoms with Crippen LogP contribution in [-0.4, -0.2) is 32.4 Å². The van der Waals surface area contributed by atoms with E-state index in [9.17, 15) is 18.0 Å². The molecule has 0 aliphatic rings. The zero-order chi connectivity index (χ0) is 22.6. The van der Waals surface area contributed by atoms with Crippen LogP contribution in [0.1, 0.15) is 28.4 Å². The van der Waals surface area contributed by atoms with Crippen molar-refractivity contribution in [2.75, 3.05) is 15.9 Å². The number of hydrogen-bond acceptors (Lipinski definition) is 4. The summed E-state index contributed by atoms with van der Waals surface area (Å²) in [7, 11) is -3.74. The van der Waals surface area contributed by atoms with Crippen molar-refractivity contribution in [1.29, 1.82) is 0 Å². The number of nitrogens with zero attached hydrogens (tertiary/aromatic N) is 1. The highest BCUT2D eigenvalue weighted by molar-refractivity contribution is 7.92. The van der Waals surface area contributed by atoms with Crippen LogP contribution in [0.25, 0.3) is 0 Å². The molecule has 0 heterocycles. The van der Waals surface area contributed by atoms with Gasteiger partial charge in [0.1, 0.15) is 6.04 Å². The third-order valence-electron chi connectivity index (χ3n) is 4.81. The third-order valence-corrected chi connectivity index (χ3v) is 6.05. The summed E-state index contributed by atoms with van der Waals surface area (Å²) in [5.74, 6) is -0.775. The number of para-hydroxylation sites is 1. The van der Waals surface area contributed by atoms with Gasteiger partial charge in [-0.25, -0.2) is 8.42 Å². The summed E-state index contributed by atoms with van der Waals surface area (Å²) in [6, 6.07) is 21.3. The number of amides is 1. The van der Waals surface area contributed by atoms with E-state index in [1.165, 1.54) is 6.92 Å². The molecule has 0 aliphatic carbocycles. The summed E-state index contributed by atoms with van der Waals surface area (Å²) in [6.07, 6.45) is 1.06. The number of aryl methyl sites for hydroxylation is 1. The van der Waals surface area contributed by atoms with Gasteiger partial charge in [0, 0.05) is 11.1 Å². The topological polar surface area (TPSA) is 83.6 Å². The number of sulfonamides is 1. The van der Waals surface area contributed by atoms with Crippen LogP contribution in [0.5, 0.6) is 0 Å². The van der Waals surface area contributed by atoms with Crippen LogP contribution in [0.15, 0.2) is 78.9 Å². The maximum Gasteiger partial charge on any atom is 0.248 e. The van der Waals surface area contributed by atoms with Gasteiger partial charge >= 0.3 is 0 Å². The van der Waals surface area contributed by atoms with Crippen LogP contribution in [0.2, 0.25) is 0 Å². The predicted molar refractivity (Wildman–Crippen MR) is 123 cm³/mol. The van der Waals surface area contributed by atoms with Gasteiger partial charge in [-0.3, -0.25) is 13.9 Å². The zero-order valence-corrected chi connectivity index (χ0v) is 18.4. The molecule has 3 aromatic rings. The Kier molecular flexibility index (Phi) is 6.56. The van der Waals surface area contributed by atoms with Gasteiger partial charge < -0.3 is 5.32 Å². The van der Waals surface area contributed by atoms with E-state index in [4.69, 9.17) is 0 Å². The first-order chi connectivity index (χ1) is 14.7. The standard InChI is InChI=1S/C24H24N2O4S/c1-17-10-9-13-20(16-17)26(31(3,29)30)18(2)24(28)25-22-15-8-7-14-21(22)23(27)19-11-5-4-6-12-19/h4-16,18H,1-3H3,(H,25,28)/t18-/m1/s1. The van der Waals surface area contributed by atoms with Crippen LogP contribution in [0.3, 0.4) is 0 Å². The minimum atomic E-state index is -3.74. The molecule has 0 saturated carbocycles. The largest absolute Gasteiger partial charge is 0.324 e. The molecule has 0 unspecified atom stereocenters. The van der Waals surface area contributed by atoms with E-state index >= 15 is 0 Å². The molecule has 0 aromatic heterocycles. The van der Waals surface area contributed by atoms with Crippen LogP contribution in [0, 0.1) is 6.92 Å². The molecule has 7 heteroatoms. The van der Waals surface area contributed by atoms with Gasteiger partial charge in [-0.2, -0.15) is 0 Å². The zero-order valence-electron chi connectivity index (χ0n) is 17.6. The number of hydrogen-bond donors (Lipinski definition) is 1. The van der Waals surface area contributed by atoms with Crippen molar-refractivity contribution in [3.8, 4) is 0 Å². The molecule has 160 valence electrons. The van der Waals surface area contributed by atoms with Gasteiger partial charge in [0.15, 0.2) is 5.78 Å². The highest BCUT2D eigenvalue weighted by Gasteiger charge is 2.30. The Balaban J connectivity index is 1.91. The maximum absolute atomic E-state index is 13.0. The molecule has 1 amide bonds. The lowest BCUT2D eigenvalue weighted by Gasteiger charge is -2.28. The molecule has 0 fully saturated rings. The number of benzene rings is 3. The summed E-state index contributed by atoms with van der Waals surface area (Å²) in [6.45, 7) is 3.36. The van der Waals surface area contributed by atoms with Gasteiger partial charge in [-0.15, -0.1) is 0 Å². The SMILES string of the molecule is Cc1cccc(N([C@H](C)C(=O)Nc2ccccc2C(=O)c2ccccc2)S(C)(=O)=O)c1. The first-order valence-corrected chi connectivity index (χ1v) is 11.6. The van der Waals surface area contributed by atoms with Crippen molar-refractivity contribution in [1.82, 2.24) is 0 Å². The van der Waals surface area contributed by atoms with Crippen molar-refractivity contribution in [2.24, 2.45) is 0 Å². The Bertz CT molecular complexity index is 1210. The summed E-state index contributed by atoms with van der Waals surface area (Å²) < 4.78 is 26.1. The third kappa shape index (κ3) is 5.19. The van der Waals surface area contributed by atoms with Crippen LogP contribution in [0.4, 0.5) is 11.4 Å². The maximum atomic E-state index is 13.0. The fraction of sp³-hybridized carbons (Fsp3) is 0.167. The van der Waals surface area contributed by atoms with Gasteiger partial charge in [-0.1, -0.05) is 54.6 Å². The molecule has 0 radical (unpaired) electrons. The van der Waals surface area contributed by atoms with Crippen molar-refractivity contribution >= 4 is 33.1 Å². The van der Waals surface area contributed by atoms with Crippen molar-refractivity contribution in [3.05, 3.63) is 95.6 Å². The number of anilines is 2. The Morgan fingerprint density at radius 2 is 1.55 bits per heavy atom. The number of ketones is 1. The minimum Gasteiger partial charge on any atom is -0.324 e. The lowest BCUT2D eigenvalue weighted by atomic mass is 10.0. The average Bonchev–Trinajstić information content (AvgIpc) is 2.73. The smallest absolute Gasteiger partial charge is 0.248 e. The second-order valence-electron chi connectivity index (χ2n) is 7.30. The Hall–Kier alpha value is -3.45. The van der Waals surface area contributed by atoms with Gasteiger partial charge in [-0.05, 0) is 43.7 Å². The number of carbonyl (C=O) groups excluding carboxylic acids is 2. The molecule has 0 bridgehead atoms. The van der Waals surface area contributed by atoms with Crippen LogP contribution < -0.4 is 9.62 Å². The molecular weight excluding hydrogens is 412 g/mol. The molecule has 1 atom stereocenters. The molecule has 0 spiro atoms. The minimum absolute atomic E-state index is 0.234. The van der Waals surface area contributed by atoms with Crippen molar-refractivity contribution in [3.63, 3.8) is 0 Å². The van der Waals surface area contributed by atoms with Crippen LogP contribution >= 0.6 is 0 Å². The van der Waals surface area contributed by atoms with E-state index in [0.717, 1.165) is 16.1 Å². The molecule has 0 aliphatic heterocycles. The summed E-state index contributed by atoms with van der Waals surface area (Å²) >= 11 is 0. The molecule has 1 N–H and O–H groups in total. The highest BCUT2D eigenvalue weighted by Crippen LogP contribution is 2.24. The number of nitrogens with one attached hydrogen (secondary N) is 1. The average molecular weight is 437 g/mol. The van der Waals surface area contributed by atoms with Gasteiger partial charge in [0.2, 0.25) is 15.9 Å². The van der Waals surface area contributed by atoms with E-state index in [1.807, 2.05) is 19.1 Å². The van der Waals surface area contributed by atoms with E-state index < -0.39 is 22.0 Å². The van der Waals surface area contributed by atoms with Crippen LogP contribution in [-0.2, 0) is 14.8 Å². The monoisotopic (exact) mass is 436 g/mol. The second kappa shape index (κ2) is 9.14. The summed E-state index contributed by atoms with van der Waals surface area (Å²) in [5.41, 5.74) is 2.42. The number of rotatable bonds is 7. The van der Waals surface area contributed by atoms with Crippen molar-refractivity contribution < 1.29 is 18.0 Å². The lowest BCUT2D eigenvalue weighted by Crippen LogP contribution is -2.45. The van der Waals surface area contributed by atoms with Crippen molar-refractivity contribution in [2.45, 2.75) is 19.9 Å². The Morgan fingerprint density at radius 1 is 0.903 bits per heavy atom. The lowest BCUT2D eigenvalue weighted by molar-refractivity contribution is -0.116. The molecule has 0 saturated heterocycles. The first kappa shape index (κ1) is 22.2. The fourth-order valence-corrected chi connectivity index (χ4v) is 4.51. The van der Waals surface area contributed by atoms with E-state index in [1.54, 1.807) is 66.7 Å². The van der Waals surface area contributed by atoms with Gasteiger partial charge in [0.05, 0.1) is 17.6 Å². The highest BCUT2D eigenvalue weighted by atomic mass is 32.2. The second-order valence-corrected chi connectivity index (χ2v) is 9.16.